The van der Waals surface area contributed by atoms with E-state index in [1.165, 1.54) is 5.56 Å². The van der Waals surface area contributed by atoms with Crippen molar-refractivity contribution in [1.82, 2.24) is 5.32 Å². The van der Waals surface area contributed by atoms with Crippen molar-refractivity contribution in [3.05, 3.63) is 29.8 Å². The lowest BCUT2D eigenvalue weighted by Crippen LogP contribution is -2.51. The zero-order valence-corrected chi connectivity index (χ0v) is 15.5. The number of hydrogen-bond acceptors (Lipinski definition) is 3. The fourth-order valence-electron chi connectivity index (χ4n) is 2.17. The molecule has 1 rings (SSSR count). The molecule has 4 nitrogen and oxygen atoms in total. The first-order valence-electron chi connectivity index (χ1n) is 8.14. The van der Waals surface area contributed by atoms with Crippen LogP contribution in [-0.4, -0.2) is 24.6 Å². The Morgan fingerprint density at radius 2 is 1.91 bits per heavy atom. The van der Waals surface area contributed by atoms with E-state index in [-0.39, 0.29) is 18.3 Å². The van der Waals surface area contributed by atoms with Gasteiger partial charge in [0.15, 0.2) is 0 Å². The van der Waals surface area contributed by atoms with Crippen molar-refractivity contribution in [2.75, 3.05) is 13.2 Å². The molecule has 5 heteroatoms. The molecule has 0 radical (unpaired) electrons. The van der Waals surface area contributed by atoms with Crippen LogP contribution in [0.1, 0.15) is 46.1 Å². The second-order valence-corrected chi connectivity index (χ2v) is 6.52. The quantitative estimate of drug-likeness (QED) is 0.723. The molecule has 1 unspecified atom stereocenters. The maximum absolute atomic E-state index is 12.0. The van der Waals surface area contributed by atoms with E-state index in [1.54, 1.807) is 6.92 Å². The van der Waals surface area contributed by atoms with Crippen molar-refractivity contribution < 1.29 is 9.53 Å². The van der Waals surface area contributed by atoms with Gasteiger partial charge in [0.05, 0.1) is 12.1 Å². The number of hydrogen-bond donors (Lipinski definition) is 2. The average Bonchev–Trinajstić information content (AvgIpc) is 2.46. The van der Waals surface area contributed by atoms with Crippen LogP contribution >= 0.6 is 12.4 Å². The molecule has 0 spiro atoms. The van der Waals surface area contributed by atoms with Crippen molar-refractivity contribution in [3.8, 4) is 5.75 Å². The molecule has 0 aliphatic heterocycles. The molecule has 132 valence electrons. The summed E-state index contributed by atoms with van der Waals surface area (Å²) < 4.78 is 5.65. The normalized spacial score (nSPS) is 13.1. The number of nitrogens with two attached hydrogens (primary N) is 1. The molecule has 0 heterocycles. The highest BCUT2D eigenvalue weighted by Gasteiger charge is 2.26. The van der Waals surface area contributed by atoms with Crippen molar-refractivity contribution in [2.24, 2.45) is 11.7 Å². The number of rotatable bonds is 9. The Balaban J connectivity index is 0.00000484. The van der Waals surface area contributed by atoms with Gasteiger partial charge < -0.3 is 15.8 Å². The highest BCUT2D eigenvalue weighted by atomic mass is 35.5. The molecule has 1 atom stereocenters. The van der Waals surface area contributed by atoms with Crippen LogP contribution in [0.5, 0.6) is 5.75 Å². The number of benzene rings is 1. The molecule has 0 aromatic heterocycles. The number of halogens is 1. The second kappa shape index (κ2) is 10.5. The molecule has 3 N–H and O–H groups in total. The van der Waals surface area contributed by atoms with Gasteiger partial charge in [0, 0.05) is 6.54 Å². The highest BCUT2D eigenvalue weighted by Crippen LogP contribution is 2.14. The van der Waals surface area contributed by atoms with Gasteiger partial charge in [0.25, 0.3) is 0 Å². The van der Waals surface area contributed by atoms with E-state index in [0.29, 0.717) is 18.9 Å². The predicted octanol–water partition coefficient (Wildman–Crippen LogP) is 3.32. The Morgan fingerprint density at radius 3 is 2.43 bits per heavy atom. The predicted molar refractivity (Wildman–Crippen MR) is 98.2 cm³/mol. The first-order chi connectivity index (χ1) is 10.3. The minimum absolute atomic E-state index is 0. The fraction of sp³-hybridized carbons (Fsp3) is 0.611. The van der Waals surface area contributed by atoms with Gasteiger partial charge in [0.2, 0.25) is 5.91 Å². The van der Waals surface area contributed by atoms with E-state index in [0.717, 1.165) is 25.2 Å². The molecule has 0 saturated heterocycles. The van der Waals surface area contributed by atoms with Gasteiger partial charge >= 0.3 is 0 Å². The van der Waals surface area contributed by atoms with Gasteiger partial charge in [-0.15, -0.1) is 12.4 Å². The van der Waals surface area contributed by atoms with Crippen LogP contribution in [0.4, 0.5) is 0 Å². The number of carbonyl (C=O) groups excluding carboxylic acids is 1. The maximum atomic E-state index is 12.0. The van der Waals surface area contributed by atoms with Crippen LogP contribution in [0.2, 0.25) is 0 Å². The molecule has 1 aromatic carbocycles. The summed E-state index contributed by atoms with van der Waals surface area (Å²) in [5, 5.41) is 2.92. The minimum atomic E-state index is -0.775. The Kier molecular flexibility index (Phi) is 9.93. The summed E-state index contributed by atoms with van der Waals surface area (Å²) in [5.41, 5.74) is 6.40. The van der Waals surface area contributed by atoms with E-state index >= 15 is 0 Å². The van der Waals surface area contributed by atoms with Crippen LogP contribution in [0.3, 0.4) is 0 Å². The second-order valence-electron chi connectivity index (χ2n) is 6.52. The van der Waals surface area contributed by atoms with Gasteiger partial charge in [-0.1, -0.05) is 39.3 Å². The Hall–Kier alpha value is -1.26. The fourth-order valence-corrected chi connectivity index (χ4v) is 2.17. The van der Waals surface area contributed by atoms with Crippen LogP contribution in [-0.2, 0) is 11.2 Å². The van der Waals surface area contributed by atoms with Gasteiger partial charge in [-0.05, 0) is 43.4 Å². The molecule has 0 aliphatic rings. The Labute approximate surface area is 146 Å². The zero-order chi connectivity index (χ0) is 16.6. The SMILES string of the molecule is CCCC(C)(N)C(=O)NCCc1ccc(OCC(C)C)cc1.Cl. The molecule has 0 aliphatic carbocycles. The first-order valence-corrected chi connectivity index (χ1v) is 8.14. The van der Waals surface area contributed by atoms with Crippen molar-refractivity contribution in [1.29, 1.82) is 0 Å². The lowest BCUT2D eigenvalue weighted by molar-refractivity contribution is -0.126. The summed E-state index contributed by atoms with van der Waals surface area (Å²) in [4.78, 5) is 12.0. The van der Waals surface area contributed by atoms with Crippen molar-refractivity contribution in [2.45, 2.75) is 52.5 Å². The van der Waals surface area contributed by atoms with Gasteiger partial charge in [-0.2, -0.15) is 0 Å². The largest absolute Gasteiger partial charge is 0.493 e. The maximum Gasteiger partial charge on any atom is 0.239 e. The number of amides is 1. The molecule has 1 aromatic rings. The Bertz CT molecular complexity index is 459. The summed E-state index contributed by atoms with van der Waals surface area (Å²) in [5.74, 6) is 1.33. The molecule has 1 amide bonds. The number of nitrogens with one attached hydrogen (secondary N) is 1. The van der Waals surface area contributed by atoms with E-state index in [1.807, 2.05) is 31.2 Å². The minimum Gasteiger partial charge on any atom is -0.493 e. The number of ether oxygens (including phenoxy) is 1. The third-order valence-electron chi connectivity index (χ3n) is 3.49. The van der Waals surface area contributed by atoms with Crippen LogP contribution in [0, 0.1) is 5.92 Å². The van der Waals surface area contributed by atoms with E-state index in [9.17, 15) is 4.79 Å². The van der Waals surface area contributed by atoms with Gasteiger partial charge in [-0.25, -0.2) is 0 Å². The van der Waals surface area contributed by atoms with E-state index < -0.39 is 5.54 Å². The summed E-state index contributed by atoms with van der Waals surface area (Å²) >= 11 is 0. The van der Waals surface area contributed by atoms with Crippen LogP contribution in [0.15, 0.2) is 24.3 Å². The molecule has 23 heavy (non-hydrogen) atoms. The number of carbonyl (C=O) groups is 1. The molecule has 0 bridgehead atoms. The molecule has 0 fully saturated rings. The lowest BCUT2D eigenvalue weighted by atomic mass is 9.96. The average molecular weight is 343 g/mol. The Morgan fingerprint density at radius 1 is 1.30 bits per heavy atom. The smallest absolute Gasteiger partial charge is 0.239 e. The lowest BCUT2D eigenvalue weighted by Gasteiger charge is -2.22. The highest BCUT2D eigenvalue weighted by molar-refractivity contribution is 5.85. The third kappa shape index (κ3) is 8.24. The van der Waals surface area contributed by atoms with Crippen molar-refractivity contribution in [3.63, 3.8) is 0 Å². The molecular formula is C18H31ClN2O2. The molecular weight excluding hydrogens is 312 g/mol. The van der Waals surface area contributed by atoms with Crippen molar-refractivity contribution >= 4 is 18.3 Å². The van der Waals surface area contributed by atoms with Crippen LogP contribution in [0.25, 0.3) is 0 Å². The summed E-state index contributed by atoms with van der Waals surface area (Å²) in [6.45, 7) is 9.39. The topological polar surface area (TPSA) is 64.4 Å². The standard InChI is InChI=1S/C18H30N2O2.ClH/c1-5-11-18(4,19)17(21)20-12-10-15-6-8-16(9-7-15)22-13-14(2)3;/h6-9,14H,5,10-13,19H2,1-4H3,(H,20,21);1H. The summed E-state index contributed by atoms with van der Waals surface area (Å²) in [6, 6.07) is 8.03. The first kappa shape index (κ1) is 21.7. The summed E-state index contributed by atoms with van der Waals surface area (Å²) in [6.07, 6.45) is 2.39. The summed E-state index contributed by atoms with van der Waals surface area (Å²) in [7, 11) is 0. The van der Waals surface area contributed by atoms with Gasteiger partial charge in [-0.3, -0.25) is 4.79 Å². The van der Waals surface area contributed by atoms with Crippen LogP contribution < -0.4 is 15.8 Å². The zero-order valence-electron chi connectivity index (χ0n) is 14.7. The monoisotopic (exact) mass is 342 g/mol. The van der Waals surface area contributed by atoms with E-state index in [2.05, 4.69) is 19.2 Å². The third-order valence-corrected chi connectivity index (χ3v) is 3.49. The van der Waals surface area contributed by atoms with E-state index in [4.69, 9.17) is 10.5 Å². The van der Waals surface area contributed by atoms with Gasteiger partial charge in [0.1, 0.15) is 5.75 Å². The molecule has 0 saturated carbocycles.